The second kappa shape index (κ2) is 8.35. The van der Waals surface area contributed by atoms with E-state index in [0.717, 1.165) is 22.6 Å². The number of hydrogen-bond donors (Lipinski definition) is 2. The van der Waals surface area contributed by atoms with Gasteiger partial charge in [0.15, 0.2) is 17.4 Å². The summed E-state index contributed by atoms with van der Waals surface area (Å²) in [5.41, 5.74) is 2.46. The number of nitrogens with zero attached hydrogens (tertiary/aromatic N) is 2. The fraction of sp³-hybridized carbons (Fsp3) is 0.333. The van der Waals surface area contributed by atoms with Crippen LogP contribution in [0, 0.1) is 0 Å². The van der Waals surface area contributed by atoms with Crippen LogP contribution < -0.4 is 24.8 Å². The Balaban J connectivity index is 1.91. The number of carbonyl (C=O) groups excluding carboxylic acids is 1. The molecule has 2 aromatic rings. The number of hydrazone groups is 1. The van der Waals surface area contributed by atoms with Gasteiger partial charge in [0.25, 0.3) is 5.91 Å². The normalized spacial score (nSPS) is 19.7. The van der Waals surface area contributed by atoms with Crippen LogP contribution in [-0.2, 0) is 4.79 Å². The number of fused-ring (bicyclic) bond motifs is 3. The van der Waals surface area contributed by atoms with E-state index in [-0.39, 0.29) is 5.91 Å². The Hall–Kier alpha value is -3.07. The maximum Gasteiger partial charge on any atom is 0.255 e. The number of nitrogens with one attached hydrogen (secondary N) is 2. The molecule has 158 valence electrons. The van der Waals surface area contributed by atoms with Crippen molar-refractivity contribution in [3.05, 3.63) is 47.5 Å². The first-order chi connectivity index (χ1) is 14.6. The molecule has 0 aliphatic carbocycles. The lowest BCUT2D eigenvalue weighted by atomic mass is 9.96. The monoisotopic (exact) mass is 428 g/mol. The van der Waals surface area contributed by atoms with Crippen molar-refractivity contribution >= 4 is 28.5 Å². The van der Waals surface area contributed by atoms with Gasteiger partial charge in [-0.15, -0.1) is 5.10 Å². The Kier molecular flexibility index (Phi) is 5.63. The van der Waals surface area contributed by atoms with E-state index in [0.29, 0.717) is 22.4 Å². The Morgan fingerprint density at radius 2 is 1.80 bits per heavy atom. The molecule has 0 spiro atoms. The fourth-order valence-corrected chi connectivity index (χ4v) is 4.36. The van der Waals surface area contributed by atoms with Gasteiger partial charge in [-0.25, -0.2) is 0 Å². The zero-order chi connectivity index (χ0) is 21.3. The van der Waals surface area contributed by atoms with Crippen LogP contribution in [0.2, 0.25) is 0 Å². The summed E-state index contributed by atoms with van der Waals surface area (Å²) in [6.45, 7) is 2.02. The van der Waals surface area contributed by atoms with E-state index in [2.05, 4.69) is 10.6 Å². The summed E-state index contributed by atoms with van der Waals surface area (Å²) in [5, 5.41) is 13.6. The molecule has 2 atom stereocenters. The van der Waals surface area contributed by atoms with Crippen LogP contribution in [0.5, 0.6) is 17.2 Å². The average Bonchev–Trinajstić information content (AvgIpc) is 2.77. The van der Waals surface area contributed by atoms with Crippen molar-refractivity contribution in [1.29, 1.82) is 0 Å². The first-order valence-corrected chi connectivity index (χ1v) is 10.6. The van der Waals surface area contributed by atoms with Gasteiger partial charge in [0, 0.05) is 23.4 Å². The molecule has 2 N–H and O–H groups in total. The van der Waals surface area contributed by atoms with E-state index in [1.54, 1.807) is 38.5 Å². The quantitative estimate of drug-likeness (QED) is 0.756. The average molecular weight is 429 g/mol. The SMILES string of the molecule is CCSC1=NN2[C@@H](c3c(OC)cc(OC)cc3OC)Nc3ccccc3[C@@H]2C(=O)N1. The molecule has 30 heavy (non-hydrogen) atoms. The minimum Gasteiger partial charge on any atom is -0.496 e. The number of amidine groups is 1. The molecule has 0 aromatic heterocycles. The third-order valence-electron chi connectivity index (χ3n) is 5.07. The van der Waals surface area contributed by atoms with Crippen molar-refractivity contribution in [2.45, 2.75) is 19.1 Å². The minimum absolute atomic E-state index is 0.119. The van der Waals surface area contributed by atoms with Crippen LogP contribution in [0.15, 0.2) is 41.5 Å². The van der Waals surface area contributed by atoms with E-state index in [1.165, 1.54) is 11.8 Å². The Labute approximate surface area is 179 Å². The largest absolute Gasteiger partial charge is 0.496 e. The highest BCUT2D eigenvalue weighted by Crippen LogP contribution is 2.48. The van der Waals surface area contributed by atoms with Crippen LogP contribution in [0.3, 0.4) is 0 Å². The van der Waals surface area contributed by atoms with Crippen LogP contribution >= 0.6 is 11.8 Å². The zero-order valence-electron chi connectivity index (χ0n) is 17.3. The molecule has 0 unspecified atom stereocenters. The standard InChI is InChI=1S/C21H24N4O4S/c1-5-30-21-23-20(26)18-13-8-6-7-9-14(13)22-19(25(18)24-21)17-15(28-3)10-12(27-2)11-16(17)29-4/h6-11,18-19,22H,5H2,1-4H3,(H,23,24,26)/t18-,19+/m1/s1. The van der Waals surface area contributed by atoms with E-state index in [9.17, 15) is 4.79 Å². The molecule has 0 radical (unpaired) electrons. The van der Waals surface area contributed by atoms with Gasteiger partial charge >= 0.3 is 0 Å². The number of thioether (sulfide) groups is 1. The van der Waals surface area contributed by atoms with Gasteiger partial charge in [0.1, 0.15) is 17.2 Å². The second-order valence-electron chi connectivity index (χ2n) is 6.69. The summed E-state index contributed by atoms with van der Waals surface area (Å²) in [4.78, 5) is 13.1. The predicted molar refractivity (Wildman–Crippen MR) is 117 cm³/mol. The first-order valence-electron chi connectivity index (χ1n) is 9.57. The number of hydrogen-bond acceptors (Lipinski definition) is 8. The van der Waals surface area contributed by atoms with Gasteiger partial charge in [-0.05, 0) is 11.8 Å². The number of carbonyl (C=O) groups is 1. The summed E-state index contributed by atoms with van der Waals surface area (Å²) in [7, 11) is 4.78. The molecular weight excluding hydrogens is 404 g/mol. The number of rotatable bonds is 5. The van der Waals surface area contributed by atoms with Crippen molar-refractivity contribution < 1.29 is 19.0 Å². The van der Waals surface area contributed by atoms with Crippen molar-refractivity contribution in [2.75, 3.05) is 32.4 Å². The van der Waals surface area contributed by atoms with Crippen molar-refractivity contribution in [3.8, 4) is 17.2 Å². The van der Waals surface area contributed by atoms with Gasteiger partial charge in [0.05, 0.1) is 26.9 Å². The maximum atomic E-state index is 13.1. The Morgan fingerprint density at radius 1 is 1.10 bits per heavy atom. The predicted octanol–water partition coefficient (Wildman–Crippen LogP) is 3.33. The summed E-state index contributed by atoms with van der Waals surface area (Å²) in [6.07, 6.45) is -0.487. The summed E-state index contributed by atoms with van der Waals surface area (Å²) in [6, 6.07) is 10.8. The van der Waals surface area contributed by atoms with E-state index in [4.69, 9.17) is 19.3 Å². The summed E-state index contributed by atoms with van der Waals surface area (Å²) in [5.74, 6) is 2.44. The molecule has 1 amide bonds. The van der Waals surface area contributed by atoms with Crippen LogP contribution in [0.1, 0.15) is 30.3 Å². The molecule has 2 aliphatic rings. The molecule has 0 bridgehead atoms. The third-order valence-corrected chi connectivity index (χ3v) is 5.81. The molecule has 8 nitrogen and oxygen atoms in total. The van der Waals surface area contributed by atoms with Crippen LogP contribution in [0.25, 0.3) is 0 Å². The molecule has 0 saturated carbocycles. The molecule has 2 aliphatic heterocycles. The highest BCUT2D eigenvalue weighted by atomic mass is 32.2. The van der Waals surface area contributed by atoms with Gasteiger partial charge in [-0.3, -0.25) is 9.80 Å². The lowest BCUT2D eigenvalue weighted by Gasteiger charge is -2.44. The van der Waals surface area contributed by atoms with E-state index < -0.39 is 12.2 Å². The van der Waals surface area contributed by atoms with Gasteiger partial charge in [-0.2, -0.15) is 0 Å². The molecule has 2 aromatic carbocycles. The maximum absolute atomic E-state index is 13.1. The molecule has 4 rings (SSSR count). The Morgan fingerprint density at radius 3 is 2.43 bits per heavy atom. The second-order valence-corrected chi connectivity index (χ2v) is 7.94. The van der Waals surface area contributed by atoms with Crippen LogP contribution in [0.4, 0.5) is 5.69 Å². The van der Waals surface area contributed by atoms with Gasteiger partial charge in [-0.1, -0.05) is 36.9 Å². The molecular formula is C21H24N4O4S. The molecule has 0 saturated heterocycles. The molecule has 2 heterocycles. The number of amides is 1. The van der Waals surface area contributed by atoms with Crippen LogP contribution in [-0.4, -0.2) is 43.2 Å². The fourth-order valence-electron chi connectivity index (χ4n) is 3.76. The number of anilines is 1. The molecule has 9 heteroatoms. The van der Waals surface area contributed by atoms with E-state index in [1.807, 2.05) is 31.2 Å². The number of para-hydroxylation sites is 1. The van der Waals surface area contributed by atoms with Crippen molar-refractivity contribution in [1.82, 2.24) is 10.3 Å². The van der Waals surface area contributed by atoms with Gasteiger partial charge in [0.2, 0.25) is 0 Å². The number of ether oxygens (including phenoxy) is 3. The highest BCUT2D eigenvalue weighted by Gasteiger charge is 2.43. The summed E-state index contributed by atoms with van der Waals surface area (Å²) >= 11 is 1.48. The third kappa shape index (κ3) is 3.39. The minimum atomic E-state index is -0.579. The van der Waals surface area contributed by atoms with E-state index >= 15 is 0 Å². The Bertz CT molecular complexity index is 972. The smallest absolute Gasteiger partial charge is 0.255 e. The first kappa shape index (κ1) is 20.2. The zero-order valence-corrected chi connectivity index (χ0v) is 18.1. The van der Waals surface area contributed by atoms with Crippen molar-refractivity contribution in [2.24, 2.45) is 5.10 Å². The number of methoxy groups -OCH3 is 3. The lowest BCUT2D eigenvalue weighted by Crippen LogP contribution is -2.51. The summed E-state index contributed by atoms with van der Waals surface area (Å²) < 4.78 is 16.7. The number of benzene rings is 2. The lowest BCUT2D eigenvalue weighted by molar-refractivity contribution is -0.127. The highest BCUT2D eigenvalue weighted by molar-refractivity contribution is 8.13. The topological polar surface area (TPSA) is 84.4 Å². The van der Waals surface area contributed by atoms with Gasteiger partial charge < -0.3 is 24.8 Å². The molecule has 0 fully saturated rings. The van der Waals surface area contributed by atoms with Crippen molar-refractivity contribution in [3.63, 3.8) is 0 Å².